The van der Waals surface area contributed by atoms with Crippen molar-refractivity contribution in [1.82, 2.24) is 15.0 Å². The normalized spacial score (nSPS) is 14.6. The molecule has 1 aliphatic carbocycles. The van der Waals surface area contributed by atoms with E-state index in [1.165, 1.54) is 0 Å². The Balaban J connectivity index is 2.20. The first-order chi connectivity index (χ1) is 9.08. The predicted octanol–water partition coefficient (Wildman–Crippen LogP) is 2.80. The summed E-state index contributed by atoms with van der Waals surface area (Å²) in [6, 6.07) is 5.57. The first-order valence-electron chi connectivity index (χ1n) is 6.03. The SMILES string of the molecule is Cc1ccc(Cl)c(-n2nnc(C(=O)O)c2C2CC2)c1. The highest BCUT2D eigenvalue weighted by molar-refractivity contribution is 6.32. The third kappa shape index (κ3) is 2.10. The van der Waals surface area contributed by atoms with Crippen LogP contribution in [0.2, 0.25) is 5.02 Å². The van der Waals surface area contributed by atoms with Crippen LogP contribution in [0.1, 0.15) is 40.5 Å². The smallest absolute Gasteiger partial charge is 0.358 e. The maximum atomic E-state index is 11.2. The molecular weight excluding hydrogens is 266 g/mol. The van der Waals surface area contributed by atoms with Crippen molar-refractivity contribution >= 4 is 17.6 Å². The topological polar surface area (TPSA) is 68.0 Å². The van der Waals surface area contributed by atoms with Crippen LogP contribution in [0.5, 0.6) is 0 Å². The van der Waals surface area contributed by atoms with Gasteiger partial charge in [0.1, 0.15) is 0 Å². The second-order valence-corrected chi connectivity index (χ2v) is 5.18. The maximum absolute atomic E-state index is 11.2. The molecule has 0 bridgehead atoms. The Labute approximate surface area is 114 Å². The molecule has 0 aliphatic heterocycles. The number of aromatic carboxylic acids is 1. The van der Waals surface area contributed by atoms with Gasteiger partial charge >= 0.3 is 5.97 Å². The third-order valence-corrected chi connectivity index (χ3v) is 3.52. The molecule has 0 saturated heterocycles. The van der Waals surface area contributed by atoms with E-state index < -0.39 is 5.97 Å². The van der Waals surface area contributed by atoms with Crippen LogP contribution < -0.4 is 0 Å². The van der Waals surface area contributed by atoms with Crippen LogP contribution in [-0.2, 0) is 0 Å². The molecular formula is C13H12ClN3O2. The van der Waals surface area contributed by atoms with Crippen molar-refractivity contribution in [1.29, 1.82) is 0 Å². The van der Waals surface area contributed by atoms with E-state index in [9.17, 15) is 9.90 Å². The minimum absolute atomic E-state index is 0.0278. The van der Waals surface area contributed by atoms with Crippen LogP contribution in [-0.4, -0.2) is 26.1 Å². The first-order valence-corrected chi connectivity index (χ1v) is 6.41. The Kier molecular flexibility index (Phi) is 2.78. The fourth-order valence-corrected chi connectivity index (χ4v) is 2.33. The molecule has 1 fully saturated rings. The number of halogens is 1. The minimum Gasteiger partial charge on any atom is -0.476 e. The molecule has 2 aromatic rings. The van der Waals surface area contributed by atoms with Gasteiger partial charge in [-0.05, 0) is 37.5 Å². The summed E-state index contributed by atoms with van der Waals surface area (Å²) in [5.74, 6) is -0.824. The Morgan fingerprint density at radius 3 is 2.84 bits per heavy atom. The molecule has 1 aliphatic rings. The van der Waals surface area contributed by atoms with Crippen LogP contribution in [0, 0.1) is 6.92 Å². The van der Waals surface area contributed by atoms with Crippen LogP contribution in [0.25, 0.3) is 5.69 Å². The molecule has 0 radical (unpaired) electrons. The molecule has 0 unspecified atom stereocenters. The number of carboxylic acids is 1. The monoisotopic (exact) mass is 277 g/mol. The Hall–Kier alpha value is -1.88. The van der Waals surface area contributed by atoms with Gasteiger partial charge in [-0.15, -0.1) is 5.10 Å². The summed E-state index contributed by atoms with van der Waals surface area (Å²) < 4.78 is 1.57. The number of hydrogen-bond donors (Lipinski definition) is 1. The van der Waals surface area contributed by atoms with Crippen molar-refractivity contribution in [2.75, 3.05) is 0 Å². The van der Waals surface area contributed by atoms with Crippen LogP contribution >= 0.6 is 11.6 Å². The van der Waals surface area contributed by atoms with Gasteiger partial charge in [-0.2, -0.15) is 0 Å². The highest BCUT2D eigenvalue weighted by Crippen LogP contribution is 2.42. The highest BCUT2D eigenvalue weighted by atomic mass is 35.5. The van der Waals surface area contributed by atoms with E-state index in [1.807, 2.05) is 19.1 Å². The summed E-state index contributed by atoms with van der Waals surface area (Å²) in [6.45, 7) is 1.95. The summed E-state index contributed by atoms with van der Waals surface area (Å²) in [5, 5.41) is 17.5. The lowest BCUT2D eigenvalue weighted by atomic mass is 10.2. The van der Waals surface area contributed by atoms with E-state index in [2.05, 4.69) is 10.3 Å². The molecule has 1 heterocycles. The van der Waals surface area contributed by atoms with Crippen molar-refractivity contribution in [3.05, 3.63) is 40.2 Å². The zero-order chi connectivity index (χ0) is 13.6. The van der Waals surface area contributed by atoms with E-state index >= 15 is 0 Å². The van der Waals surface area contributed by atoms with Crippen molar-refractivity contribution in [2.45, 2.75) is 25.7 Å². The average Bonchev–Trinajstić information content (AvgIpc) is 3.11. The lowest BCUT2D eigenvalue weighted by Crippen LogP contribution is -2.06. The van der Waals surface area contributed by atoms with Crippen LogP contribution in [0.15, 0.2) is 18.2 Å². The summed E-state index contributed by atoms with van der Waals surface area (Å²) in [7, 11) is 0. The van der Waals surface area contributed by atoms with E-state index in [0.717, 1.165) is 18.4 Å². The van der Waals surface area contributed by atoms with E-state index in [0.29, 0.717) is 16.4 Å². The Morgan fingerprint density at radius 2 is 2.21 bits per heavy atom. The lowest BCUT2D eigenvalue weighted by Gasteiger charge is -2.08. The van der Waals surface area contributed by atoms with Crippen molar-refractivity contribution < 1.29 is 9.90 Å². The van der Waals surface area contributed by atoms with Crippen molar-refractivity contribution in [2.24, 2.45) is 0 Å². The van der Waals surface area contributed by atoms with E-state index in [-0.39, 0.29) is 11.6 Å². The molecule has 6 heteroatoms. The van der Waals surface area contributed by atoms with Gasteiger partial charge < -0.3 is 5.11 Å². The molecule has 0 spiro atoms. The summed E-state index contributed by atoms with van der Waals surface area (Å²) in [5.41, 5.74) is 2.40. The predicted molar refractivity (Wildman–Crippen MR) is 70.0 cm³/mol. The Bertz CT molecular complexity index is 662. The molecule has 1 aromatic heterocycles. The highest BCUT2D eigenvalue weighted by Gasteiger charge is 2.34. The lowest BCUT2D eigenvalue weighted by molar-refractivity contribution is 0.0689. The van der Waals surface area contributed by atoms with Gasteiger partial charge in [-0.25, -0.2) is 9.48 Å². The van der Waals surface area contributed by atoms with Crippen molar-refractivity contribution in [3.63, 3.8) is 0 Å². The number of nitrogens with zero attached hydrogens (tertiary/aromatic N) is 3. The van der Waals surface area contributed by atoms with E-state index in [4.69, 9.17) is 11.6 Å². The molecule has 3 rings (SSSR count). The number of hydrogen-bond acceptors (Lipinski definition) is 3. The summed E-state index contributed by atoms with van der Waals surface area (Å²) >= 11 is 6.18. The van der Waals surface area contributed by atoms with Gasteiger partial charge in [0.15, 0.2) is 5.69 Å². The number of aryl methyl sites for hydroxylation is 1. The van der Waals surface area contributed by atoms with Crippen LogP contribution in [0.3, 0.4) is 0 Å². The maximum Gasteiger partial charge on any atom is 0.358 e. The molecule has 0 atom stereocenters. The fourth-order valence-electron chi connectivity index (χ4n) is 2.13. The zero-order valence-corrected chi connectivity index (χ0v) is 11.1. The molecule has 0 amide bonds. The van der Waals surface area contributed by atoms with Gasteiger partial charge in [-0.3, -0.25) is 0 Å². The standard InChI is InChI=1S/C13H12ClN3O2/c1-7-2-5-9(14)10(6-7)17-12(8-3-4-8)11(13(18)19)15-16-17/h2,5-6,8H,3-4H2,1H3,(H,18,19). The number of benzene rings is 1. The second-order valence-electron chi connectivity index (χ2n) is 4.77. The molecule has 19 heavy (non-hydrogen) atoms. The molecule has 98 valence electrons. The van der Waals surface area contributed by atoms with Gasteiger partial charge in [0.2, 0.25) is 0 Å². The summed E-state index contributed by atoms with van der Waals surface area (Å²) in [4.78, 5) is 11.2. The number of rotatable bonds is 3. The number of carboxylic acid groups (broad SMARTS) is 1. The molecule has 1 N–H and O–H groups in total. The number of carbonyl (C=O) groups is 1. The molecule has 1 aromatic carbocycles. The largest absolute Gasteiger partial charge is 0.476 e. The van der Waals surface area contributed by atoms with Crippen molar-refractivity contribution in [3.8, 4) is 5.69 Å². The second kappa shape index (κ2) is 4.35. The third-order valence-electron chi connectivity index (χ3n) is 3.20. The number of aromatic nitrogens is 3. The van der Waals surface area contributed by atoms with Gasteiger partial charge in [0.05, 0.1) is 16.4 Å². The quantitative estimate of drug-likeness (QED) is 0.937. The minimum atomic E-state index is -1.04. The average molecular weight is 278 g/mol. The van der Waals surface area contributed by atoms with E-state index in [1.54, 1.807) is 10.7 Å². The van der Waals surface area contributed by atoms with Gasteiger partial charge in [-0.1, -0.05) is 22.9 Å². The molecule has 5 nitrogen and oxygen atoms in total. The van der Waals surface area contributed by atoms with Gasteiger partial charge in [0, 0.05) is 5.92 Å². The zero-order valence-electron chi connectivity index (χ0n) is 10.3. The van der Waals surface area contributed by atoms with Gasteiger partial charge in [0.25, 0.3) is 0 Å². The molecule has 1 saturated carbocycles. The van der Waals surface area contributed by atoms with Crippen LogP contribution in [0.4, 0.5) is 0 Å². The fraction of sp³-hybridized carbons (Fsp3) is 0.308. The summed E-state index contributed by atoms with van der Waals surface area (Å²) in [6.07, 6.45) is 1.94. The Morgan fingerprint density at radius 1 is 1.47 bits per heavy atom. The first kappa shape index (κ1) is 12.2.